The third kappa shape index (κ3) is 3.52. The summed E-state index contributed by atoms with van der Waals surface area (Å²) >= 11 is 17.8. The van der Waals surface area contributed by atoms with Gasteiger partial charge in [-0.15, -0.1) is 0 Å². The van der Waals surface area contributed by atoms with Gasteiger partial charge in [-0.05, 0) is 41.5 Å². The molecular formula is C15H8Cl3N. The molecule has 4 heteroatoms. The summed E-state index contributed by atoms with van der Waals surface area (Å²) in [7, 11) is 0. The second kappa shape index (κ2) is 6.12. The summed E-state index contributed by atoms with van der Waals surface area (Å²) < 4.78 is 0. The molecule has 0 aliphatic heterocycles. The highest BCUT2D eigenvalue weighted by Crippen LogP contribution is 2.26. The van der Waals surface area contributed by atoms with Gasteiger partial charge in [0.05, 0.1) is 11.6 Å². The van der Waals surface area contributed by atoms with Gasteiger partial charge in [-0.2, -0.15) is 5.26 Å². The largest absolute Gasteiger partial charge is 0.192 e. The molecule has 0 radical (unpaired) electrons. The van der Waals surface area contributed by atoms with Gasteiger partial charge in [-0.1, -0.05) is 53.0 Å². The van der Waals surface area contributed by atoms with Gasteiger partial charge >= 0.3 is 0 Å². The van der Waals surface area contributed by atoms with E-state index in [9.17, 15) is 5.26 Å². The highest BCUT2D eigenvalue weighted by molar-refractivity contribution is 6.35. The SMILES string of the molecule is N#C/C(=C\c1ccc(Cl)cc1Cl)c1cccc(Cl)c1. The Morgan fingerprint density at radius 2 is 1.74 bits per heavy atom. The molecular weight excluding hydrogens is 301 g/mol. The van der Waals surface area contributed by atoms with Gasteiger partial charge < -0.3 is 0 Å². The average molecular weight is 309 g/mol. The fraction of sp³-hybridized carbons (Fsp3) is 0. The van der Waals surface area contributed by atoms with Crippen LogP contribution >= 0.6 is 34.8 Å². The van der Waals surface area contributed by atoms with E-state index in [-0.39, 0.29) is 0 Å². The summed E-state index contributed by atoms with van der Waals surface area (Å²) in [6.45, 7) is 0. The third-order valence-corrected chi connectivity index (χ3v) is 3.32. The molecule has 19 heavy (non-hydrogen) atoms. The van der Waals surface area contributed by atoms with Gasteiger partial charge in [-0.25, -0.2) is 0 Å². The second-order valence-electron chi connectivity index (χ2n) is 3.85. The molecule has 0 heterocycles. The van der Waals surface area contributed by atoms with Crippen LogP contribution in [0.1, 0.15) is 11.1 Å². The molecule has 0 aromatic heterocycles. The van der Waals surface area contributed by atoms with Crippen LogP contribution in [0.2, 0.25) is 15.1 Å². The zero-order valence-electron chi connectivity index (χ0n) is 9.70. The lowest BCUT2D eigenvalue weighted by Crippen LogP contribution is -1.83. The van der Waals surface area contributed by atoms with Crippen LogP contribution in [-0.4, -0.2) is 0 Å². The summed E-state index contributed by atoms with van der Waals surface area (Å²) in [6.07, 6.45) is 1.71. The smallest absolute Gasteiger partial charge is 0.0998 e. The van der Waals surface area contributed by atoms with Crippen molar-refractivity contribution in [3.05, 3.63) is 68.7 Å². The van der Waals surface area contributed by atoms with Gasteiger partial charge in [-0.3, -0.25) is 0 Å². The maximum Gasteiger partial charge on any atom is 0.0998 e. The Bertz CT molecular complexity index is 684. The first kappa shape index (κ1) is 14.0. The van der Waals surface area contributed by atoms with Crippen molar-refractivity contribution in [1.82, 2.24) is 0 Å². The van der Waals surface area contributed by atoms with Crippen molar-refractivity contribution in [2.24, 2.45) is 0 Å². The molecule has 0 aliphatic carbocycles. The Balaban J connectivity index is 2.48. The van der Waals surface area contributed by atoms with Gasteiger partial charge in [0.25, 0.3) is 0 Å². The molecule has 0 fully saturated rings. The highest BCUT2D eigenvalue weighted by Gasteiger charge is 2.04. The van der Waals surface area contributed by atoms with Crippen LogP contribution in [0.4, 0.5) is 0 Å². The first-order valence-corrected chi connectivity index (χ1v) is 6.56. The number of hydrogen-bond donors (Lipinski definition) is 0. The van der Waals surface area contributed by atoms with Crippen molar-refractivity contribution >= 4 is 46.5 Å². The summed E-state index contributed by atoms with van der Waals surface area (Å²) in [5.41, 5.74) is 1.98. The second-order valence-corrected chi connectivity index (χ2v) is 5.13. The van der Waals surface area contributed by atoms with Crippen LogP contribution in [0.25, 0.3) is 11.6 Å². The van der Waals surface area contributed by atoms with Crippen molar-refractivity contribution < 1.29 is 0 Å². The van der Waals surface area contributed by atoms with Crippen molar-refractivity contribution in [1.29, 1.82) is 5.26 Å². The van der Waals surface area contributed by atoms with Gasteiger partial charge in [0.15, 0.2) is 0 Å². The molecule has 2 aromatic rings. The minimum Gasteiger partial charge on any atom is -0.192 e. The molecule has 2 aromatic carbocycles. The normalized spacial score (nSPS) is 11.2. The van der Waals surface area contributed by atoms with E-state index in [1.807, 2.05) is 6.07 Å². The van der Waals surface area contributed by atoms with Gasteiger partial charge in [0.1, 0.15) is 0 Å². The summed E-state index contributed by atoms with van der Waals surface area (Å²) in [5.74, 6) is 0. The third-order valence-electron chi connectivity index (χ3n) is 2.52. The molecule has 0 unspecified atom stereocenters. The molecule has 0 saturated carbocycles. The number of halogens is 3. The number of allylic oxidation sites excluding steroid dienone is 1. The van der Waals surface area contributed by atoms with Crippen LogP contribution in [0.3, 0.4) is 0 Å². The lowest BCUT2D eigenvalue weighted by Gasteiger charge is -2.02. The number of hydrogen-bond acceptors (Lipinski definition) is 1. The Morgan fingerprint density at radius 3 is 2.37 bits per heavy atom. The quantitative estimate of drug-likeness (QED) is 0.515. The van der Waals surface area contributed by atoms with Crippen LogP contribution in [0, 0.1) is 11.3 Å². The summed E-state index contributed by atoms with van der Waals surface area (Å²) in [6, 6.07) is 14.4. The molecule has 0 amide bonds. The van der Waals surface area contributed by atoms with Crippen LogP contribution < -0.4 is 0 Å². The fourth-order valence-electron chi connectivity index (χ4n) is 1.61. The van der Waals surface area contributed by atoms with Crippen LogP contribution in [0.5, 0.6) is 0 Å². The predicted molar refractivity (Wildman–Crippen MR) is 81.4 cm³/mol. The topological polar surface area (TPSA) is 23.8 Å². The molecule has 0 N–H and O–H groups in total. The highest BCUT2D eigenvalue weighted by atomic mass is 35.5. The first-order chi connectivity index (χ1) is 9.10. The number of nitriles is 1. The van der Waals surface area contributed by atoms with Crippen molar-refractivity contribution in [2.45, 2.75) is 0 Å². The van der Waals surface area contributed by atoms with E-state index >= 15 is 0 Å². The molecule has 0 atom stereocenters. The average Bonchev–Trinajstić information content (AvgIpc) is 2.38. The van der Waals surface area contributed by atoms with E-state index in [0.717, 1.165) is 11.1 Å². The number of rotatable bonds is 2. The lowest BCUT2D eigenvalue weighted by atomic mass is 10.0. The van der Waals surface area contributed by atoms with Gasteiger partial charge in [0.2, 0.25) is 0 Å². The predicted octanol–water partition coefficient (Wildman–Crippen LogP) is 5.71. The maximum atomic E-state index is 9.25. The molecule has 0 aliphatic rings. The van der Waals surface area contributed by atoms with Crippen molar-refractivity contribution in [3.8, 4) is 6.07 Å². The monoisotopic (exact) mass is 307 g/mol. The zero-order valence-corrected chi connectivity index (χ0v) is 12.0. The zero-order chi connectivity index (χ0) is 13.8. The first-order valence-electron chi connectivity index (χ1n) is 5.43. The van der Waals surface area contributed by atoms with E-state index in [0.29, 0.717) is 20.6 Å². The van der Waals surface area contributed by atoms with E-state index in [1.54, 1.807) is 42.5 Å². The molecule has 0 spiro atoms. The Morgan fingerprint density at radius 1 is 1.00 bits per heavy atom. The lowest BCUT2D eigenvalue weighted by molar-refractivity contribution is 1.52. The number of nitrogens with zero attached hydrogens (tertiary/aromatic N) is 1. The van der Waals surface area contributed by atoms with Crippen molar-refractivity contribution in [2.75, 3.05) is 0 Å². The molecule has 1 nitrogen and oxygen atoms in total. The standard InChI is InChI=1S/C15H8Cl3N/c16-13-3-1-2-10(7-13)12(9-19)6-11-4-5-14(17)8-15(11)18/h1-8H/b12-6+. The Kier molecular flexibility index (Phi) is 4.50. The van der Waals surface area contributed by atoms with Gasteiger partial charge in [0, 0.05) is 15.1 Å². The van der Waals surface area contributed by atoms with Crippen LogP contribution in [-0.2, 0) is 0 Å². The molecule has 2 rings (SSSR count). The van der Waals surface area contributed by atoms with Crippen LogP contribution in [0.15, 0.2) is 42.5 Å². The fourth-order valence-corrected chi connectivity index (χ4v) is 2.26. The Hall–Kier alpha value is -1.46. The van der Waals surface area contributed by atoms with E-state index in [4.69, 9.17) is 34.8 Å². The molecule has 0 bridgehead atoms. The minimum atomic E-state index is 0.492. The van der Waals surface area contributed by atoms with E-state index in [2.05, 4.69) is 6.07 Å². The molecule has 0 saturated heterocycles. The van der Waals surface area contributed by atoms with Crippen molar-refractivity contribution in [3.63, 3.8) is 0 Å². The summed E-state index contributed by atoms with van der Waals surface area (Å²) in [4.78, 5) is 0. The number of benzene rings is 2. The van der Waals surface area contributed by atoms with E-state index in [1.165, 1.54) is 0 Å². The van der Waals surface area contributed by atoms with E-state index < -0.39 is 0 Å². The molecule has 94 valence electrons. The maximum absolute atomic E-state index is 9.25. The minimum absolute atomic E-state index is 0.492. The Labute approximate surface area is 126 Å². The summed E-state index contributed by atoms with van der Waals surface area (Å²) in [5, 5.41) is 10.9.